The van der Waals surface area contributed by atoms with Crippen LogP contribution in [-0.2, 0) is 4.79 Å². The number of hydrogen-bond donors (Lipinski definition) is 0. The molecule has 0 saturated carbocycles. The summed E-state index contributed by atoms with van der Waals surface area (Å²) < 4.78 is 0. The minimum atomic E-state index is -0.110. The largest absolute Gasteiger partial charge is 0.271 e. The van der Waals surface area contributed by atoms with Gasteiger partial charge < -0.3 is 0 Å². The van der Waals surface area contributed by atoms with Gasteiger partial charge in [0.15, 0.2) is 0 Å². The number of hydrogen-bond acceptors (Lipinski definition) is 2. The van der Waals surface area contributed by atoms with E-state index < -0.39 is 0 Å². The minimum Gasteiger partial charge on any atom is -0.271 e. The normalized spacial score (nSPS) is 21.8. The molecule has 1 amide bonds. The molecule has 0 saturated heterocycles. The van der Waals surface area contributed by atoms with Gasteiger partial charge in [-0.15, -0.1) is 0 Å². The summed E-state index contributed by atoms with van der Waals surface area (Å²) in [6.45, 7) is 1.87. The predicted octanol–water partition coefficient (Wildman–Crippen LogP) is 2.42. The van der Waals surface area contributed by atoms with Gasteiger partial charge in [-0.05, 0) is 12.5 Å². The second kappa shape index (κ2) is 3.34. The molecule has 0 radical (unpaired) electrons. The molecule has 1 aliphatic rings. The number of amides is 1. The van der Waals surface area contributed by atoms with Crippen molar-refractivity contribution in [3.8, 4) is 0 Å². The maximum absolute atomic E-state index is 11.4. The molecule has 0 N–H and O–H groups in total. The molecule has 0 spiro atoms. The van der Waals surface area contributed by atoms with Crippen molar-refractivity contribution in [3.63, 3.8) is 0 Å². The standard InChI is InChI=1S/C10H9NOS/c1-7-11-10(12)9(13-7)8-5-3-2-4-6-8/h2-6,9H,1H3. The molecule has 1 aromatic rings. The third kappa shape index (κ3) is 1.65. The fourth-order valence-electron chi connectivity index (χ4n) is 1.30. The predicted molar refractivity (Wildman–Crippen MR) is 54.9 cm³/mol. The number of rotatable bonds is 1. The quantitative estimate of drug-likeness (QED) is 0.682. The van der Waals surface area contributed by atoms with Crippen LogP contribution in [0.5, 0.6) is 0 Å². The molecule has 0 fully saturated rings. The first-order valence-corrected chi connectivity index (χ1v) is 4.96. The molecular weight excluding hydrogens is 182 g/mol. The van der Waals surface area contributed by atoms with Gasteiger partial charge in [0.05, 0.1) is 5.04 Å². The Labute approximate surface area is 81.1 Å². The molecule has 13 heavy (non-hydrogen) atoms. The Kier molecular flexibility index (Phi) is 2.19. The van der Waals surface area contributed by atoms with Crippen molar-refractivity contribution in [1.82, 2.24) is 0 Å². The van der Waals surface area contributed by atoms with E-state index in [2.05, 4.69) is 4.99 Å². The number of aliphatic imine (C=N–C) groups is 1. The summed E-state index contributed by atoms with van der Waals surface area (Å²) >= 11 is 1.53. The highest BCUT2D eigenvalue weighted by molar-refractivity contribution is 8.15. The monoisotopic (exact) mass is 191 g/mol. The van der Waals surface area contributed by atoms with Crippen LogP contribution in [-0.4, -0.2) is 11.0 Å². The molecule has 1 atom stereocenters. The molecule has 0 aliphatic carbocycles. The molecule has 0 aromatic heterocycles. The topological polar surface area (TPSA) is 29.4 Å². The van der Waals surface area contributed by atoms with Gasteiger partial charge in [0, 0.05) is 0 Å². The third-order valence-corrected chi connectivity index (χ3v) is 3.02. The number of nitrogens with zero attached hydrogens (tertiary/aromatic N) is 1. The molecular formula is C10H9NOS. The minimum absolute atomic E-state index is 0.0336. The van der Waals surface area contributed by atoms with Crippen molar-refractivity contribution < 1.29 is 4.79 Å². The molecule has 1 unspecified atom stereocenters. The van der Waals surface area contributed by atoms with Gasteiger partial charge in [-0.2, -0.15) is 0 Å². The van der Waals surface area contributed by atoms with Crippen LogP contribution in [0.15, 0.2) is 35.3 Å². The van der Waals surface area contributed by atoms with E-state index in [1.165, 1.54) is 11.8 Å². The fraction of sp³-hybridized carbons (Fsp3) is 0.200. The summed E-state index contributed by atoms with van der Waals surface area (Å²) in [7, 11) is 0. The molecule has 2 nitrogen and oxygen atoms in total. The first-order valence-electron chi connectivity index (χ1n) is 4.08. The summed E-state index contributed by atoms with van der Waals surface area (Å²) in [5.41, 5.74) is 1.04. The average Bonchev–Trinajstić information content (AvgIpc) is 2.47. The fourth-order valence-corrected chi connectivity index (χ4v) is 2.23. The van der Waals surface area contributed by atoms with Gasteiger partial charge in [0.25, 0.3) is 5.91 Å². The summed E-state index contributed by atoms with van der Waals surface area (Å²) in [6, 6.07) is 9.75. The molecule has 3 heteroatoms. The zero-order chi connectivity index (χ0) is 9.26. The van der Waals surface area contributed by atoms with E-state index in [0.717, 1.165) is 10.6 Å². The van der Waals surface area contributed by atoms with Gasteiger partial charge in [-0.1, -0.05) is 42.1 Å². The van der Waals surface area contributed by atoms with E-state index in [-0.39, 0.29) is 11.2 Å². The zero-order valence-corrected chi connectivity index (χ0v) is 8.04. The number of carbonyl (C=O) groups is 1. The molecule has 1 heterocycles. The second-order valence-corrected chi connectivity index (χ2v) is 4.18. The average molecular weight is 191 g/mol. The van der Waals surface area contributed by atoms with E-state index in [1.54, 1.807) is 0 Å². The Hall–Kier alpha value is -1.09. The van der Waals surface area contributed by atoms with Crippen LogP contribution in [0.4, 0.5) is 0 Å². The van der Waals surface area contributed by atoms with Crippen molar-refractivity contribution in [3.05, 3.63) is 35.9 Å². The van der Waals surface area contributed by atoms with Crippen molar-refractivity contribution in [1.29, 1.82) is 0 Å². The van der Waals surface area contributed by atoms with Crippen LogP contribution in [0.2, 0.25) is 0 Å². The molecule has 1 aliphatic heterocycles. The van der Waals surface area contributed by atoms with Crippen LogP contribution in [0.1, 0.15) is 17.7 Å². The third-order valence-electron chi connectivity index (χ3n) is 1.88. The number of thioether (sulfide) groups is 1. The Balaban J connectivity index is 2.26. The van der Waals surface area contributed by atoms with Gasteiger partial charge in [0.1, 0.15) is 5.25 Å². The smallest absolute Gasteiger partial charge is 0.264 e. The van der Waals surface area contributed by atoms with Crippen LogP contribution in [0, 0.1) is 0 Å². The highest BCUT2D eigenvalue weighted by Crippen LogP contribution is 2.35. The maximum atomic E-state index is 11.4. The molecule has 1 aromatic carbocycles. The van der Waals surface area contributed by atoms with Crippen molar-refractivity contribution in [2.45, 2.75) is 12.2 Å². The lowest BCUT2D eigenvalue weighted by Gasteiger charge is -2.05. The highest BCUT2D eigenvalue weighted by atomic mass is 32.2. The van der Waals surface area contributed by atoms with Gasteiger partial charge in [-0.3, -0.25) is 4.79 Å². The number of benzene rings is 1. The van der Waals surface area contributed by atoms with Crippen LogP contribution >= 0.6 is 11.8 Å². The summed E-state index contributed by atoms with van der Waals surface area (Å²) in [5, 5.41) is 0.750. The van der Waals surface area contributed by atoms with Crippen molar-refractivity contribution >= 4 is 22.7 Å². The number of carbonyl (C=O) groups excluding carboxylic acids is 1. The van der Waals surface area contributed by atoms with Gasteiger partial charge in [0.2, 0.25) is 0 Å². The van der Waals surface area contributed by atoms with Gasteiger partial charge in [-0.25, -0.2) is 4.99 Å². The summed E-state index contributed by atoms with van der Waals surface area (Å²) in [6.07, 6.45) is 0. The van der Waals surface area contributed by atoms with Crippen molar-refractivity contribution in [2.75, 3.05) is 0 Å². The second-order valence-electron chi connectivity index (χ2n) is 2.88. The van der Waals surface area contributed by atoms with Crippen LogP contribution in [0.3, 0.4) is 0 Å². The summed E-state index contributed by atoms with van der Waals surface area (Å²) in [4.78, 5) is 15.3. The van der Waals surface area contributed by atoms with Crippen LogP contribution in [0.25, 0.3) is 0 Å². The van der Waals surface area contributed by atoms with E-state index in [4.69, 9.17) is 0 Å². The Morgan fingerprint density at radius 1 is 1.31 bits per heavy atom. The van der Waals surface area contributed by atoms with E-state index in [9.17, 15) is 4.79 Å². The summed E-state index contributed by atoms with van der Waals surface area (Å²) in [5.74, 6) is -0.0336. The van der Waals surface area contributed by atoms with Crippen molar-refractivity contribution in [2.24, 2.45) is 4.99 Å². The van der Waals surface area contributed by atoms with Gasteiger partial charge >= 0.3 is 0 Å². The lowest BCUT2D eigenvalue weighted by Crippen LogP contribution is -2.00. The molecule has 0 bridgehead atoms. The lowest BCUT2D eigenvalue weighted by atomic mass is 10.1. The van der Waals surface area contributed by atoms with E-state index >= 15 is 0 Å². The Bertz CT molecular complexity index is 358. The maximum Gasteiger partial charge on any atom is 0.264 e. The lowest BCUT2D eigenvalue weighted by molar-refractivity contribution is -0.117. The SMILES string of the molecule is CC1=NC(=O)C(c2ccccc2)S1. The Morgan fingerprint density at radius 3 is 2.54 bits per heavy atom. The first kappa shape index (κ1) is 8.51. The molecule has 66 valence electrons. The first-order chi connectivity index (χ1) is 6.27. The van der Waals surface area contributed by atoms with E-state index in [0.29, 0.717) is 0 Å². The highest BCUT2D eigenvalue weighted by Gasteiger charge is 2.27. The van der Waals surface area contributed by atoms with Crippen LogP contribution < -0.4 is 0 Å². The molecule has 2 rings (SSSR count). The Morgan fingerprint density at radius 2 is 2.00 bits per heavy atom. The van der Waals surface area contributed by atoms with E-state index in [1.807, 2.05) is 37.3 Å². The zero-order valence-electron chi connectivity index (χ0n) is 7.23.